The van der Waals surface area contributed by atoms with Gasteiger partial charge in [0.15, 0.2) is 5.65 Å². The second kappa shape index (κ2) is 7.15. The number of allylic oxidation sites excluding steroid dienone is 2. The normalized spacial score (nSPS) is 11.4. The lowest BCUT2D eigenvalue weighted by Crippen LogP contribution is -2.08. The molecule has 4 rings (SSSR count). The van der Waals surface area contributed by atoms with Crippen molar-refractivity contribution in [1.29, 1.82) is 0 Å². The first-order valence-electron chi connectivity index (χ1n) is 9.03. The molecule has 0 saturated carbocycles. The molecule has 0 saturated heterocycles. The first-order chi connectivity index (χ1) is 13.6. The maximum Gasteiger partial charge on any atom is 0.181 e. The van der Waals surface area contributed by atoms with E-state index in [0.29, 0.717) is 5.65 Å². The van der Waals surface area contributed by atoms with Crippen LogP contribution in [0.4, 0.5) is 5.69 Å². The van der Waals surface area contributed by atoms with Gasteiger partial charge in [-0.15, -0.1) is 0 Å². The van der Waals surface area contributed by atoms with Gasteiger partial charge in [-0.05, 0) is 30.7 Å². The highest BCUT2D eigenvalue weighted by Crippen LogP contribution is 2.30. The third kappa shape index (κ3) is 3.20. The van der Waals surface area contributed by atoms with Gasteiger partial charge in [0.1, 0.15) is 0 Å². The summed E-state index contributed by atoms with van der Waals surface area (Å²) in [6.45, 7) is 5.78. The second-order valence-electron chi connectivity index (χ2n) is 6.88. The molecule has 0 amide bonds. The van der Waals surface area contributed by atoms with Gasteiger partial charge in [-0.2, -0.15) is 5.10 Å². The first-order valence-corrected chi connectivity index (χ1v) is 9.03. The summed E-state index contributed by atoms with van der Waals surface area (Å²) in [7, 11) is 4.00. The molecule has 4 heterocycles. The van der Waals surface area contributed by atoms with Gasteiger partial charge in [-0.3, -0.25) is 10.1 Å². The van der Waals surface area contributed by atoms with E-state index >= 15 is 0 Å². The minimum Gasteiger partial charge on any atom is -0.376 e. The zero-order chi connectivity index (χ0) is 19.7. The van der Waals surface area contributed by atoms with Gasteiger partial charge in [0.2, 0.25) is 0 Å². The van der Waals surface area contributed by atoms with E-state index in [1.54, 1.807) is 6.08 Å². The Balaban J connectivity index is 1.80. The molecule has 0 aliphatic rings. The molecule has 0 aliphatic carbocycles. The van der Waals surface area contributed by atoms with Crippen molar-refractivity contribution in [2.75, 3.05) is 19.0 Å². The molecule has 6 heteroatoms. The van der Waals surface area contributed by atoms with Crippen LogP contribution < -0.4 is 4.90 Å². The average Bonchev–Trinajstić information content (AvgIpc) is 3.29. The molecule has 0 spiro atoms. The topological polar surface area (TPSA) is 73.5 Å². The Morgan fingerprint density at radius 3 is 2.68 bits per heavy atom. The van der Waals surface area contributed by atoms with E-state index in [9.17, 15) is 0 Å². The molecule has 0 bridgehead atoms. The number of hydrogen-bond donors (Lipinski definition) is 2. The number of aryl methyl sites for hydroxylation is 1. The molecule has 4 aromatic rings. The van der Waals surface area contributed by atoms with Crippen LogP contribution in [0, 0.1) is 6.92 Å². The minimum absolute atomic E-state index is 0.686. The molecule has 0 aromatic carbocycles. The molecule has 0 aliphatic heterocycles. The van der Waals surface area contributed by atoms with Gasteiger partial charge in [0.25, 0.3) is 0 Å². The molecule has 6 nitrogen and oxygen atoms in total. The second-order valence-corrected chi connectivity index (χ2v) is 6.88. The Morgan fingerprint density at radius 2 is 1.89 bits per heavy atom. The minimum atomic E-state index is 0.686. The standard InChI is InChI=1S/C22H22N6/c1-5-6-7-15-10-20(25-14(15)2)21-19-9-17(12-24-22(19)27-26-21)16-8-18(28(3)4)13-23-11-16/h5-13,25H,1H2,2-4H3,(H,24,26,27)/b7-6-. The Bertz CT molecular complexity index is 1180. The molecule has 0 unspecified atom stereocenters. The van der Waals surface area contributed by atoms with Crippen molar-refractivity contribution in [2.45, 2.75) is 6.92 Å². The van der Waals surface area contributed by atoms with E-state index in [0.717, 1.165) is 44.8 Å². The highest BCUT2D eigenvalue weighted by atomic mass is 15.2. The zero-order valence-electron chi connectivity index (χ0n) is 16.2. The number of nitrogens with one attached hydrogen (secondary N) is 2. The SMILES string of the molecule is C=C/C=C\c1cc(-c2[nH]nc3ncc(-c4cncc(N(C)C)c4)cc23)[nH]c1C. The summed E-state index contributed by atoms with van der Waals surface area (Å²) >= 11 is 0. The number of H-pyrrole nitrogens is 2. The molecule has 2 N–H and O–H groups in total. The van der Waals surface area contributed by atoms with Crippen LogP contribution in [0.5, 0.6) is 0 Å². The molecular weight excluding hydrogens is 348 g/mol. The monoisotopic (exact) mass is 370 g/mol. The molecule has 28 heavy (non-hydrogen) atoms. The van der Waals surface area contributed by atoms with Crippen molar-refractivity contribution in [3.05, 3.63) is 66.8 Å². The number of pyridine rings is 2. The zero-order valence-corrected chi connectivity index (χ0v) is 16.2. The fourth-order valence-corrected chi connectivity index (χ4v) is 3.15. The maximum absolute atomic E-state index is 4.53. The van der Waals surface area contributed by atoms with Gasteiger partial charge in [0.05, 0.1) is 23.3 Å². The van der Waals surface area contributed by atoms with Crippen molar-refractivity contribution in [1.82, 2.24) is 25.1 Å². The van der Waals surface area contributed by atoms with Gasteiger partial charge in [-0.1, -0.05) is 24.8 Å². The molecular formula is C22H22N6. The Hall–Kier alpha value is -3.67. The third-order valence-electron chi connectivity index (χ3n) is 4.72. The summed E-state index contributed by atoms with van der Waals surface area (Å²) in [6.07, 6.45) is 11.3. The number of hydrogen-bond acceptors (Lipinski definition) is 4. The summed E-state index contributed by atoms with van der Waals surface area (Å²) in [6, 6.07) is 6.31. The fourth-order valence-electron chi connectivity index (χ4n) is 3.15. The van der Waals surface area contributed by atoms with E-state index in [4.69, 9.17) is 0 Å². The fraction of sp³-hybridized carbons (Fsp3) is 0.136. The smallest absolute Gasteiger partial charge is 0.181 e. The predicted molar refractivity (Wildman–Crippen MR) is 115 cm³/mol. The summed E-state index contributed by atoms with van der Waals surface area (Å²) in [4.78, 5) is 14.4. The number of nitrogens with zero attached hydrogens (tertiary/aromatic N) is 4. The van der Waals surface area contributed by atoms with E-state index in [1.165, 1.54) is 0 Å². The number of fused-ring (bicyclic) bond motifs is 1. The average molecular weight is 370 g/mol. The third-order valence-corrected chi connectivity index (χ3v) is 4.72. The number of aromatic nitrogens is 5. The van der Waals surface area contributed by atoms with Crippen LogP contribution in [0.1, 0.15) is 11.3 Å². The van der Waals surface area contributed by atoms with Gasteiger partial charge in [-0.25, -0.2) is 4.98 Å². The van der Waals surface area contributed by atoms with Crippen molar-refractivity contribution >= 4 is 22.8 Å². The van der Waals surface area contributed by atoms with Crippen molar-refractivity contribution in [3.63, 3.8) is 0 Å². The van der Waals surface area contributed by atoms with E-state index in [1.807, 2.05) is 56.7 Å². The number of anilines is 1. The highest BCUT2D eigenvalue weighted by molar-refractivity contribution is 5.93. The Labute approximate surface area is 163 Å². The summed E-state index contributed by atoms with van der Waals surface area (Å²) in [5.41, 5.74) is 7.85. The van der Waals surface area contributed by atoms with Crippen LogP contribution in [-0.2, 0) is 0 Å². The van der Waals surface area contributed by atoms with Crippen LogP contribution in [0.25, 0.3) is 39.6 Å². The predicted octanol–water partition coefficient (Wildman–Crippen LogP) is 4.59. The van der Waals surface area contributed by atoms with E-state index in [2.05, 4.69) is 49.9 Å². The molecule has 4 aromatic heterocycles. The molecule has 0 fully saturated rings. The Morgan fingerprint density at radius 1 is 1.07 bits per heavy atom. The van der Waals surface area contributed by atoms with Crippen molar-refractivity contribution in [3.8, 4) is 22.5 Å². The lowest BCUT2D eigenvalue weighted by molar-refractivity contribution is 1.09. The summed E-state index contributed by atoms with van der Waals surface area (Å²) < 4.78 is 0. The van der Waals surface area contributed by atoms with Crippen LogP contribution in [-0.4, -0.2) is 39.2 Å². The van der Waals surface area contributed by atoms with Gasteiger partial charge >= 0.3 is 0 Å². The quantitative estimate of drug-likeness (QED) is 0.504. The van der Waals surface area contributed by atoms with Crippen LogP contribution in [0.15, 0.2) is 55.5 Å². The van der Waals surface area contributed by atoms with E-state index in [-0.39, 0.29) is 0 Å². The van der Waals surface area contributed by atoms with Crippen molar-refractivity contribution in [2.24, 2.45) is 0 Å². The molecule has 140 valence electrons. The molecule has 0 atom stereocenters. The number of aromatic amines is 2. The lowest BCUT2D eigenvalue weighted by Gasteiger charge is -2.12. The largest absolute Gasteiger partial charge is 0.376 e. The maximum atomic E-state index is 4.53. The van der Waals surface area contributed by atoms with E-state index < -0.39 is 0 Å². The molecule has 0 radical (unpaired) electrons. The van der Waals surface area contributed by atoms with Crippen molar-refractivity contribution < 1.29 is 0 Å². The van der Waals surface area contributed by atoms with Gasteiger partial charge in [0, 0.05) is 48.7 Å². The van der Waals surface area contributed by atoms with Crippen LogP contribution in [0.3, 0.4) is 0 Å². The lowest BCUT2D eigenvalue weighted by atomic mass is 10.1. The summed E-state index contributed by atoms with van der Waals surface area (Å²) in [5, 5.41) is 8.45. The van der Waals surface area contributed by atoms with Gasteiger partial charge < -0.3 is 9.88 Å². The Kier molecular flexibility index (Phi) is 4.53. The summed E-state index contributed by atoms with van der Waals surface area (Å²) in [5.74, 6) is 0. The number of rotatable bonds is 5. The first kappa shape index (κ1) is 17.7. The van der Waals surface area contributed by atoms with Crippen LogP contribution >= 0.6 is 0 Å². The van der Waals surface area contributed by atoms with Crippen LogP contribution in [0.2, 0.25) is 0 Å². The highest BCUT2D eigenvalue weighted by Gasteiger charge is 2.13.